The van der Waals surface area contributed by atoms with E-state index in [1.807, 2.05) is 46.8 Å². The highest BCUT2D eigenvalue weighted by molar-refractivity contribution is 7.99. The summed E-state index contributed by atoms with van der Waals surface area (Å²) in [5.74, 6) is 1.07. The number of para-hydroxylation sites is 1. The number of halogens is 1. The summed E-state index contributed by atoms with van der Waals surface area (Å²) in [5, 5.41) is 0.759. The Bertz CT molecular complexity index is 520. The minimum absolute atomic E-state index is 0.179. The molecule has 4 heteroatoms. The second kappa shape index (κ2) is 4.77. The molecule has 1 aliphatic rings. The van der Waals surface area contributed by atoms with E-state index < -0.39 is 0 Å². The van der Waals surface area contributed by atoms with Gasteiger partial charge in [0.05, 0.1) is 17.3 Å². The van der Waals surface area contributed by atoms with E-state index >= 15 is 0 Å². The fourth-order valence-corrected chi connectivity index (χ4v) is 3.08. The van der Waals surface area contributed by atoms with E-state index in [9.17, 15) is 0 Å². The number of aromatic nitrogens is 1. The average molecular weight is 266 g/mol. The van der Waals surface area contributed by atoms with Crippen molar-refractivity contribution in [3.05, 3.63) is 53.3 Å². The van der Waals surface area contributed by atoms with Crippen LogP contribution in [-0.4, -0.2) is 16.9 Å². The fraction of sp³-hybridized carbons (Fsp3) is 0.231. The van der Waals surface area contributed by atoms with Gasteiger partial charge in [-0.05, 0) is 18.2 Å². The summed E-state index contributed by atoms with van der Waals surface area (Å²) in [6.07, 6.45) is 4.11. The van der Waals surface area contributed by atoms with E-state index in [0.717, 1.165) is 23.1 Å². The SMILES string of the molecule is Clc1ccccc1-n1ccc([C@@H]2OCCS2)c1. The molecule has 88 valence electrons. The molecule has 1 fully saturated rings. The van der Waals surface area contributed by atoms with Crippen LogP contribution in [0.4, 0.5) is 0 Å². The molecular formula is C13H12ClNOS. The molecule has 17 heavy (non-hydrogen) atoms. The summed E-state index contributed by atoms with van der Waals surface area (Å²) in [6.45, 7) is 0.840. The maximum absolute atomic E-state index is 6.17. The molecule has 0 N–H and O–H groups in total. The molecule has 1 aromatic carbocycles. The maximum atomic E-state index is 6.17. The molecule has 3 rings (SSSR count). The zero-order valence-corrected chi connectivity index (χ0v) is 10.7. The largest absolute Gasteiger partial charge is 0.362 e. The first-order valence-electron chi connectivity index (χ1n) is 5.50. The molecule has 1 aliphatic heterocycles. The minimum Gasteiger partial charge on any atom is -0.362 e. The third-order valence-corrected chi connectivity index (χ3v) is 4.17. The second-order valence-electron chi connectivity index (χ2n) is 3.88. The number of ether oxygens (including phenoxy) is 1. The van der Waals surface area contributed by atoms with E-state index in [1.165, 1.54) is 5.56 Å². The molecule has 1 aromatic heterocycles. The molecule has 0 aliphatic carbocycles. The van der Waals surface area contributed by atoms with Gasteiger partial charge in [-0.25, -0.2) is 0 Å². The topological polar surface area (TPSA) is 14.2 Å². The molecule has 1 atom stereocenters. The summed E-state index contributed by atoms with van der Waals surface area (Å²) in [6, 6.07) is 9.92. The van der Waals surface area contributed by atoms with Gasteiger partial charge < -0.3 is 9.30 Å². The first-order valence-corrected chi connectivity index (χ1v) is 6.93. The van der Waals surface area contributed by atoms with E-state index in [4.69, 9.17) is 16.3 Å². The number of nitrogens with zero attached hydrogens (tertiary/aromatic N) is 1. The van der Waals surface area contributed by atoms with Crippen LogP contribution < -0.4 is 0 Å². The van der Waals surface area contributed by atoms with Crippen LogP contribution in [0.15, 0.2) is 42.7 Å². The highest BCUT2D eigenvalue weighted by atomic mass is 35.5. The van der Waals surface area contributed by atoms with Gasteiger partial charge in [0.15, 0.2) is 0 Å². The monoisotopic (exact) mass is 265 g/mol. The van der Waals surface area contributed by atoms with Gasteiger partial charge in [0.1, 0.15) is 5.44 Å². The first kappa shape index (κ1) is 11.2. The van der Waals surface area contributed by atoms with Crippen molar-refractivity contribution in [3.63, 3.8) is 0 Å². The Kier molecular flexibility index (Phi) is 3.14. The molecule has 0 bridgehead atoms. The molecular weight excluding hydrogens is 254 g/mol. The number of hydrogen-bond donors (Lipinski definition) is 0. The van der Waals surface area contributed by atoms with Crippen LogP contribution in [-0.2, 0) is 4.74 Å². The van der Waals surface area contributed by atoms with Crippen molar-refractivity contribution in [2.45, 2.75) is 5.44 Å². The van der Waals surface area contributed by atoms with Gasteiger partial charge in [-0.1, -0.05) is 23.7 Å². The van der Waals surface area contributed by atoms with Crippen molar-refractivity contribution >= 4 is 23.4 Å². The highest BCUT2D eigenvalue weighted by Gasteiger charge is 2.19. The van der Waals surface area contributed by atoms with Crippen LogP contribution in [0.1, 0.15) is 11.0 Å². The fourth-order valence-electron chi connectivity index (χ4n) is 1.91. The van der Waals surface area contributed by atoms with Crippen molar-refractivity contribution in [2.75, 3.05) is 12.4 Å². The normalized spacial score (nSPS) is 19.7. The third kappa shape index (κ3) is 2.23. The van der Waals surface area contributed by atoms with Crippen LogP contribution in [0.2, 0.25) is 5.02 Å². The molecule has 2 heterocycles. The molecule has 0 radical (unpaired) electrons. The van der Waals surface area contributed by atoms with E-state index in [1.54, 1.807) is 0 Å². The zero-order valence-electron chi connectivity index (χ0n) is 9.17. The van der Waals surface area contributed by atoms with Crippen LogP contribution in [0.25, 0.3) is 5.69 Å². The molecule has 0 amide bonds. The van der Waals surface area contributed by atoms with Crippen LogP contribution in [0, 0.1) is 0 Å². The third-order valence-electron chi connectivity index (χ3n) is 2.74. The number of thioether (sulfide) groups is 1. The maximum Gasteiger partial charge on any atom is 0.130 e. The van der Waals surface area contributed by atoms with Crippen molar-refractivity contribution < 1.29 is 4.74 Å². The molecule has 2 aromatic rings. The van der Waals surface area contributed by atoms with Gasteiger partial charge in [0, 0.05) is 23.7 Å². The van der Waals surface area contributed by atoms with Gasteiger partial charge in [-0.15, -0.1) is 11.8 Å². The standard InChI is InChI=1S/C13H12ClNOS/c14-11-3-1-2-4-12(11)15-6-5-10(9-15)13-16-7-8-17-13/h1-6,9,13H,7-8H2/t13-/m1/s1. The average Bonchev–Trinajstić information content (AvgIpc) is 3.00. The predicted octanol–water partition coefficient (Wildman–Crippen LogP) is 3.89. The second-order valence-corrected chi connectivity index (χ2v) is 5.45. The minimum atomic E-state index is 0.179. The summed E-state index contributed by atoms with van der Waals surface area (Å²) >= 11 is 8.01. The van der Waals surface area contributed by atoms with Crippen molar-refractivity contribution in [3.8, 4) is 5.69 Å². The number of rotatable bonds is 2. The van der Waals surface area contributed by atoms with Crippen LogP contribution in [0.3, 0.4) is 0 Å². The van der Waals surface area contributed by atoms with E-state index in [0.29, 0.717) is 0 Å². The smallest absolute Gasteiger partial charge is 0.130 e. The number of hydrogen-bond acceptors (Lipinski definition) is 2. The van der Waals surface area contributed by atoms with Crippen LogP contribution in [0.5, 0.6) is 0 Å². The lowest BCUT2D eigenvalue weighted by atomic mass is 10.3. The van der Waals surface area contributed by atoms with Gasteiger partial charge in [-0.2, -0.15) is 0 Å². The summed E-state index contributed by atoms with van der Waals surface area (Å²) in [5.41, 5.74) is 2.38. The van der Waals surface area contributed by atoms with Gasteiger partial charge in [-0.3, -0.25) is 0 Å². The molecule has 0 spiro atoms. The quantitative estimate of drug-likeness (QED) is 0.818. The van der Waals surface area contributed by atoms with Crippen molar-refractivity contribution in [2.24, 2.45) is 0 Å². The Morgan fingerprint density at radius 2 is 2.18 bits per heavy atom. The Hall–Kier alpha value is -0.900. The van der Waals surface area contributed by atoms with Gasteiger partial charge in [0.25, 0.3) is 0 Å². The molecule has 0 saturated carbocycles. The summed E-state index contributed by atoms with van der Waals surface area (Å²) < 4.78 is 7.68. The van der Waals surface area contributed by atoms with E-state index in [2.05, 4.69) is 12.3 Å². The molecule has 1 saturated heterocycles. The lowest BCUT2D eigenvalue weighted by Crippen LogP contribution is -1.93. The van der Waals surface area contributed by atoms with Crippen molar-refractivity contribution in [1.29, 1.82) is 0 Å². The Balaban J connectivity index is 1.92. The number of benzene rings is 1. The van der Waals surface area contributed by atoms with Crippen molar-refractivity contribution in [1.82, 2.24) is 4.57 Å². The predicted molar refractivity (Wildman–Crippen MR) is 71.9 cm³/mol. The first-order chi connectivity index (χ1) is 8.34. The molecule has 0 unspecified atom stereocenters. The highest BCUT2D eigenvalue weighted by Crippen LogP contribution is 2.35. The Morgan fingerprint density at radius 1 is 1.29 bits per heavy atom. The van der Waals surface area contributed by atoms with Gasteiger partial charge in [0.2, 0.25) is 0 Å². The lowest BCUT2D eigenvalue weighted by molar-refractivity contribution is 0.145. The molecule has 2 nitrogen and oxygen atoms in total. The zero-order chi connectivity index (χ0) is 11.7. The Labute approximate surface area is 110 Å². The van der Waals surface area contributed by atoms with Crippen LogP contribution >= 0.6 is 23.4 Å². The lowest BCUT2D eigenvalue weighted by Gasteiger charge is -2.07. The Morgan fingerprint density at radius 3 is 2.94 bits per heavy atom. The van der Waals surface area contributed by atoms with E-state index in [-0.39, 0.29) is 5.44 Å². The summed E-state index contributed by atoms with van der Waals surface area (Å²) in [4.78, 5) is 0. The van der Waals surface area contributed by atoms with Gasteiger partial charge >= 0.3 is 0 Å². The summed E-state index contributed by atoms with van der Waals surface area (Å²) in [7, 11) is 0.